The van der Waals surface area contributed by atoms with Crippen molar-refractivity contribution in [3.8, 4) is 0 Å². The van der Waals surface area contributed by atoms with E-state index in [0.717, 1.165) is 11.1 Å². The standard InChI is InChI=1S/C22H27NO5/c1-23(14-20(25)15-24)21(26)13-19(12-17-8-4-2-5-9-17)22(27)28-16-18-10-6-3-7-11-18/h2-11,19-20,24-25H,12-16H2,1H3. The Morgan fingerprint density at radius 2 is 1.57 bits per heavy atom. The van der Waals surface area contributed by atoms with Crippen LogP contribution >= 0.6 is 0 Å². The minimum absolute atomic E-state index is 0.00640. The quantitative estimate of drug-likeness (QED) is 0.609. The van der Waals surface area contributed by atoms with Gasteiger partial charge in [0.05, 0.1) is 18.6 Å². The Morgan fingerprint density at radius 1 is 1.00 bits per heavy atom. The third-order valence-corrected chi connectivity index (χ3v) is 4.42. The van der Waals surface area contributed by atoms with Gasteiger partial charge in [-0.3, -0.25) is 9.59 Å². The zero-order chi connectivity index (χ0) is 20.4. The number of amides is 1. The highest BCUT2D eigenvalue weighted by atomic mass is 16.5. The summed E-state index contributed by atoms with van der Waals surface area (Å²) in [4.78, 5) is 26.5. The van der Waals surface area contributed by atoms with Crippen LogP contribution in [-0.2, 0) is 27.4 Å². The second-order valence-corrected chi connectivity index (χ2v) is 6.79. The number of aliphatic hydroxyl groups is 2. The van der Waals surface area contributed by atoms with Gasteiger partial charge in [0.15, 0.2) is 0 Å². The van der Waals surface area contributed by atoms with Gasteiger partial charge in [0.2, 0.25) is 5.91 Å². The van der Waals surface area contributed by atoms with Gasteiger partial charge < -0.3 is 19.8 Å². The lowest BCUT2D eigenvalue weighted by Gasteiger charge is -2.22. The molecule has 0 fully saturated rings. The molecule has 2 atom stereocenters. The monoisotopic (exact) mass is 385 g/mol. The summed E-state index contributed by atoms with van der Waals surface area (Å²) in [5.74, 6) is -1.35. The minimum atomic E-state index is -1.01. The molecular formula is C22H27NO5. The molecule has 2 unspecified atom stereocenters. The number of carbonyl (C=O) groups excluding carboxylic acids is 2. The van der Waals surface area contributed by atoms with Crippen molar-refractivity contribution in [3.05, 3.63) is 71.8 Å². The Balaban J connectivity index is 2.03. The second kappa shape index (κ2) is 11.2. The normalized spacial score (nSPS) is 12.8. The number of nitrogens with zero attached hydrogens (tertiary/aromatic N) is 1. The van der Waals surface area contributed by atoms with E-state index in [1.165, 1.54) is 11.9 Å². The molecule has 0 saturated heterocycles. The summed E-state index contributed by atoms with van der Waals surface area (Å²) in [7, 11) is 1.54. The van der Waals surface area contributed by atoms with Crippen molar-refractivity contribution >= 4 is 11.9 Å². The number of likely N-dealkylation sites (N-methyl/N-ethyl adjacent to an activating group) is 1. The Morgan fingerprint density at radius 3 is 2.14 bits per heavy atom. The molecule has 0 spiro atoms. The van der Waals surface area contributed by atoms with E-state index in [1.54, 1.807) is 0 Å². The molecule has 2 rings (SSSR count). The second-order valence-electron chi connectivity index (χ2n) is 6.79. The predicted molar refractivity (Wildman–Crippen MR) is 105 cm³/mol. The molecule has 0 heterocycles. The molecule has 0 aliphatic heterocycles. The van der Waals surface area contributed by atoms with Crippen molar-refractivity contribution < 1.29 is 24.5 Å². The molecule has 6 nitrogen and oxygen atoms in total. The fraction of sp³-hybridized carbons (Fsp3) is 0.364. The third-order valence-electron chi connectivity index (χ3n) is 4.42. The molecule has 0 bridgehead atoms. The van der Waals surface area contributed by atoms with Crippen LogP contribution in [0.1, 0.15) is 17.5 Å². The maximum absolute atomic E-state index is 12.7. The minimum Gasteiger partial charge on any atom is -0.461 e. The maximum Gasteiger partial charge on any atom is 0.310 e. The van der Waals surface area contributed by atoms with Gasteiger partial charge in [0.1, 0.15) is 6.61 Å². The summed E-state index contributed by atoms with van der Waals surface area (Å²) in [6, 6.07) is 18.8. The molecule has 1 amide bonds. The molecule has 6 heteroatoms. The molecule has 0 aliphatic rings. The van der Waals surface area contributed by atoms with E-state index in [4.69, 9.17) is 9.84 Å². The average molecular weight is 385 g/mol. The summed E-state index contributed by atoms with van der Waals surface area (Å²) in [6.45, 7) is -0.269. The summed E-state index contributed by atoms with van der Waals surface area (Å²) >= 11 is 0. The van der Waals surface area contributed by atoms with Gasteiger partial charge in [-0.1, -0.05) is 60.7 Å². The van der Waals surface area contributed by atoms with E-state index < -0.39 is 24.6 Å². The van der Waals surface area contributed by atoms with Gasteiger partial charge in [-0.25, -0.2) is 0 Å². The molecule has 0 radical (unpaired) electrons. The Bertz CT molecular complexity index is 735. The van der Waals surface area contributed by atoms with Gasteiger partial charge >= 0.3 is 5.97 Å². The molecule has 0 aromatic heterocycles. The zero-order valence-corrected chi connectivity index (χ0v) is 16.0. The Kier molecular flexibility index (Phi) is 8.65. The lowest BCUT2D eigenvalue weighted by atomic mass is 9.95. The van der Waals surface area contributed by atoms with Crippen molar-refractivity contribution in [1.82, 2.24) is 4.90 Å². The number of rotatable bonds is 10. The predicted octanol–water partition coefficient (Wildman–Crippen LogP) is 1.79. The molecule has 28 heavy (non-hydrogen) atoms. The highest BCUT2D eigenvalue weighted by molar-refractivity contribution is 5.83. The van der Waals surface area contributed by atoms with E-state index in [2.05, 4.69) is 0 Å². The van der Waals surface area contributed by atoms with E-state index in [9.17, 15) is 14.7 Å². The number of esters is 1. The van der Waals surface area contributed by atoms with E-state index in [1.807, 2.05) is 60.7 Å². The number of carbonyl (C=O) groups is 2. The van der Waals surface area contributed by atoms with Gasteiger partial charge in [0, 0.05) is 20.0 Å². The number of ether oxygens (including phenoxy) is 1. The van der Waals surface area contributed by atoms with E-state index in [0.29, 0.717) is 6.42 Å². The van der Waals surface area contributed by atoms with Gasteiger partial charge in [-0.05, 0) is 17.5 Å². The van der Waals surface area contributed by atoms with Crippen LogP contribution in [0.3, 0.4) is 0 Å². The summed E-state index contributed by atoms with van der Waals surface area (Å²) in [6.07, 6.45) is -0.653. The summed E-state index contributed by atoms with van der Waals surface area (Å²) in [5.41, 5.74) is 1.82. The van der Waals surface area contributed by atoms with Gasteiger partial charge in [-0.2, -0.15) is 0 Å². The first-order chi connectivity index (χ1) is 13.5. The lowest BCUT2D eigenvalue weighted by Crippen LogP contribution is -2.38. The molecule has 150 valence electrons. The molecule has 0 saturated carbocycles. The van der Waals surface area contributed by atoms with Crippen LogP contribution in [0.5, 0.6) is 0 Å². The van der Waals surface area contributed by atoms with E-state index >= 15 is 0 Å². The first-order valence-corrected chi connectivity index (χ1v) is 9.27. The number of hydrogen-bond acceptors (Lipinski definition) is 5. The van der Waals surface area contributed by atoms with Crippen molar-refractivity contribution in [1.29, 1.82) is 0 Å². The van der Waals surface area contributed by atoms with Crippen molar-refractivity contribution in [2.75, 3.05) is 20.2 Å². The highest BCUT2D eigenvalue weighted by Gasteiger charge is 2.26. The SMILES string of the molecule is CN(CC(O)CO)C(=O)CC(Cc1ccccc1)C(=O)OCc1ccccc1. The maximum atomic E-state index is 12.7. The topological polar surface area (TPSA) is 87.1 Å². The molecule has 2 aromatic carbocycles. The van der Waals surface area contributed by atoms with Crippen LogP contribution in [0.15, 0.2) is 60.7 Å². The van der Waals surface area contributed by atoms with Crippen LogP contribution in [0.25, 0.3) is 0 Å². The van der Waals surface area contributed by atoms with Crippen LogP contribution in [0, 0.1) is 5.92 Å². The number of aliphatic hydroxyl groups excluding tert-OH is 2. The first-order valence-electron chi connectivity index (χ1n) is 9.27. The van der Waals surface area contributed by atoms with Crippen molar-refractivity contribution in [2.45, 2.75) is 25.6 Å². The number of hydrogen-bond donors (Lipinski definition) is 2. The fourth-order valence-corrected chi connectivity index (χ4v) is 2.83. The lowest BCUT2D eigenvalue weighted by molar-refractivity contribution is -0.152. The smallest absolute Gasteiger partial charge is 0.310 e. The third kappa shape index (κ3) is 7.13. The first kappa shape index (κ1) is 21.6. The zero-order valence-electron chi connectivity index (χ0n) is 16.0. The fourth-order valence-electron chi connectivity index (χ4n) is 2.83. The van der Waals surface area contributed by atoms with Crippen LogP contribution in [0.4, 0.5) is 0 Å². The average Bonchev–Trinajstić information content (AvgIpc) is 2.72. The molecule has 2 N–H and O–H groups in total. The Labute approximate surface area is 165 Å². The van der Waals surface area contributed by atoms with Gasteiger partial charge in [-0.15, -0.1) is 0 Å². The van der Waals surface area contributed by atoms with Gasteiger partial charge in [0.25, 0.3) is 0 Å². The molecule has 0 aliphatic carbocycles. The molecular weight excluding hydrogens is 358 g/mol. The van der Waals surface area contributed by atoms with Crippen LogP contribution in [0.2, 0.25) is 0 Å². The van der Waals surface area contributed by atoms with Crippen molar-refractivity contribution in [3.63, 3.8) is 0 Å². The number of benzene rings is 2. The largest absolute Gasteiger partial charge is 0.461 e. The Hall–Kier alpha value is -2.70. The summed E-state index contributed by atoms with van der Waals surface area (Å²) in [5, 5.41) is 18.5. The summed E-state index contributed by atoms with van der Waals surface area (Å²) < 4.78 is 5.45. The van der Waals surface area contributed by atoms with Crippen molar-refractivity contribution in [2.24, 2.45) is 5.92 Å². The van der Waals surface area contributed by atoms with E-state index in [-0.39, 0.29) is 25.5 Å². The van der Waals surface area contributed by atoms with Crippen LogP contribution < -0.4 is 0 Å². The van der Waals surface area contributed by atoms with Crippen LogP contribution in [-0.4, -0.2) is 53.3 Å². The highest BCUT2D eigenvalue weighted by Crippen LogP contribution is 2.17. The molecule has 2 aromatic rings.